The molecule has 0 unspecified atom stereocenters. The van der Waals surface area contributed by atoms with E-state index in [4.69, 9.17) is 34.1 Å². The van der Waals surface area contributed by atoms with Gasteiger partial charge in [-0.05, 0) is 31.0 Å². The van der Waals surface area contributed by atoms with Crippen LogP contribution in [0.25, 0.3) is 0 Å². The first kappa shape index (κ1) is 14.9. The third kappa shape index (κ3) is 3.35. The maximum atomic E-state index is 12.3. The first-order valence-electron chi connectivity index (χ1n) is 6.24. The summed E-state index contributed by atoms with van der Waals surface area (Å²) in [5, 5.41) is 12.5. The number of rotatable bonds is 2. The fraction of sp³-hybridized carbons (Fsp3) is 0.385. The van der Waals surface area contributed by atoms with Crippen LogP contribution in [0.4, 0.5) is 0 Å². The highest BCUT2D eigenvalue weighted by atomic mass is 35.5. The van der Waals surface area contributed by atoms with Crippen molar-refractivity contribution < 1.29 is 10.0 Å². The number of benzene rings is 1. The molecule has 1 aromatic rings. The molecule has 1 amide bonds. The van der Waals surface area contributed by atoms with Crippen LogP contribution in [-0.4, -0.2) is 34.9 Å². The molecule has 2 rings (SSSR count). The van der Waals surface area contributed by atoms with E-state index in [2.05, 4.69) is 5.16 Å². The minimum Gasteiger partial charge on any atom is -0.409 e. The summed E-state index contributed by atoms with van der Waals surface area (Å²) in [5.74, 6) is 0.141. The Kier molecular flexibility index (Phi) is 4.73. The van der Waals surface area contributed by atoms with Crippen LogP contribution in [0, 0.1) is 5.92 Å². The van der Waals surface area contributed by atoms with E-state index < -0.39 is 0 Å². The zero-order valence-electron chi connectivity index (χ0n) is 10.7. The number of piperidine rings is 1. The largest absolute Gasteiger partial charge is 0.409 e. The van der Waals surface area contributed by atoms with Gasteiger partial charge >= 0.3 is 0 Å². The topological polar surface area (TPSA) is 78.9 Å². The molecule has 0 radical (unpaired) electrons. The maximum absolute atomic E-state index is 12.3. The van der Waals surface area contributed by atoms with E-state index in [1.165, 1.54) is 0 Å². The molecular formula is C13H15Cl2N3O2. The first-order chi connectivity index (χ1) is 9.51. The van der Waals surface area contributed by atoms with Crippen LogP contribution in [-0.2, 0) is 0 Å². The molecule has 0 aromatic heterocycles. The number of amides is 1. The lowest BCUT2D eigenvalue weighted by Gasteiger charge is -2.31. The summed E-state index contributed by atoms with van der Waals surface area (Å²) in [4.78, 5) is 14.1. The first-order valence-corrected chi connectivity index (χ1v) is 6.99. The third-order valence-electron chi connectivity index (χ3n) is 3.43. The van der Waals surface area contributed by atoms with Crippen LogP contribution in [0.1, 0.15) is 23.2 Å². The quantitative estimate of drug-likeness (QED) is 0.381. The summed E-state index contributed by atoms with van der Waals surface area (Å²) in [6.07, 6.45) is 1.35. The van der Waals surface area contributed by atoms with E-state index >= 15 is 0 Å². The molecule has 5 nitrogen and oxygen atoms in total. The van der Waals surface area contributed by atoms with Crippen molar-refractivity contribution in [2.75, 3.05) is 13.1 Å². The minimum atomic E-state index is -0.104. The van der Waals surface area contributed by atoms with E-state index in [-0.39, 0.29) is 17.7 Å². The molecule has 1 aliphatic heterocycles. The number of halogens is 2. The number of oxime groups is 1. The zero-order chi connectivity index (χ0) is 14.7. The lowest BCUT2D eigenvalue weighted by molar-refractivity contribution is 0.0709. The molecule has 0 atom stereocenters. The van der Waals surface area contributed by atoms with Crippen molar-refractivity contribution in [2.24, 2.45) is 16.8 Å². The standard InChI is InChI=1S/C13H15Cl2N3O2/c14-10-5-9(6-11(15)7-10)13(19)18-3-1-8(2-4-18)12(16)17-20/h5-8,20H,1-4H2,(H2,16,17). The Morgan fingerprint density at radius 2 is 1.80 bits per heavy atom. The average molecular weight is 316 g/mol. The van der Waals surface area contributed by atoms with Crippen LogP contribution in [0.3, 0.4) is 0 Å². The van der Waals surface area contributed by atoms with Crippen LogP contribution in [0.5, 0.6) is 0 Å². The second kappa shape index (κ2) is 6.33. The fourth-order valence-electron chi connectivity index (χ4n) is 2.32. The molecule has 1 heterocycles. The van der Waals surface area contributed by atoms with Crippen molar-refractivity contribution >= 4 is 34.9 Å². The Balaban J connectivity index is 2.05. The summed E-state index contributed by atoms with van der Waals surface area (Å²) in [5.41, 5.74) is 6.06. The van der Waals surface area contributed by atoms with Gasteiger partial charge in [-0.3, -0.25) is 4.79 Å². The van der Waals surface area contributed by atoms with Crippen LogP contribution >= 0.6 is 23.2 Å². The Labute approximate surface area is 126 Å². The van der Waals surface area contributed by atoms with Gasteiger partial charge in [-0.2, -0.15) is 0 Å². The number of carbonyl (C=O) groups is 1. The van der Waals surface area contributed by atoms with Crippen molar-refractivity contribution in [1.29, 1.82) is 0 Å². The van der Waals surface area contributed by atoms with Crippen molar-refractivity contribution in [3.63, 3.8) is 0 Å². The molecule has 1 aromatic carbocycles. The molecule has 0 bridgehead atoms. The lowest BCUT2D eigenvalue weighted by atomic mass is 9.95. The number of likely N-dealkylation sites (tertiary alicyclic amines) is 1. The van der Waals surface area contributed by atoms with Crippen LogP contribution in [0.15, 0.2) is 23.4 Å². The van der Waals surface area contributed by atoms with Gasteiger partial charge in [0.15, 0.2) is 0 Å². The van der Waals surface area contributed by atoms with Gasteiger partial charge < -0.3 is 15.8 Å². The van der Waals surface area contributed by atoms with Crippen molar-refractivity contribution in [2.45, 2.75) is 12.8 Å². The van der Waals surface area contributed by atoms with Gasteiger partial charge in [-0.25, -0.2) is 0 Å². The molecule has 108 valence electrons. The summed E-state index contributed by atoms with van der Waals surface area (Å²) in [7, 11) is 0. The van der Waals surface area contributed by atoms with Crippen LogP contribution < -0.4 is 5.73 Å². The molecular weight excluding hydrogens is 301 g/mol. The number of hydrogen-bond acceptors (Lipinski definition) is 3. The summed E-state index contributed by atoms with van der Waals surface area (Å²) in [6, 6.07) is 4.79. The summed E-state index contributed by atoms with van der Waals surface area (Å²) in [6.45, 7) is 1.12. The van der Waals surface area contributed by atoms with Gasteiger partial charge in [-0.1, -0.05) is 28.4 Å². The molecule has 0 saturated carbocycles. The molecule has 1 saturated heterocycles. The van der Waals surface area contributed by atoms with Gasteiger partial charge in [0.2, 0.25) is 0 Å². The van der Waals surface area contributed by atoms with Gasteiger partial charge in [0.25, 0.3) is 5.91 Å². The van der Waals surface area contributed by atoms with E-state index in [0.717, 1.165) is 0 Å². The third-order valence-corrected chi connectivity index (χ3v) is 3.86. The molecule has 20 heavy (non-hydrogen) atoms. The highest BCUT2D eigenvalue weighted by molar-refractivity contribution is 6.35. The van der Waals surface area contributed by atoms with E-state index in [9.17, 15) is 4.79 Å². The lowest BCUT2D eigenvalue weighted by Crippen LogP contribution is -2.41. The molecule has 0 aliphatic carbocycles. The predicted molar refractivity (Wildman–Crippen MR) is 78.5 cm³/mol. The number of carbonyl (C=O) groups excluding carboxylic acids is 1. The smallest absolute Gasteiger partial charge is 0.253 e. The number of nitrogens with two attached hydrogens (primary N) is 1. The molecule has 3 N–H and O–H groups in total. The second-order valence-corrected chi connectivity index (χ2v) is 5.62. The van der Waals surface area contributed by atoms with E-state index in [1.807, 2.05) is 0 Å². The number of nitrogens with zero attached hydrogens (tertiary/aromatic N) is 2. The molecule has 0 spiro atoms. The van der Waals surface area contributed by atoms with Crippen molar-refractivity contribution in [3.05, 3.63) is 33.8 Å². The van der Waals surface area contributed by atoms with E-state index in [1.54, 1.807) is 23.1 Å². The Bertz CT molecular complexity index is 520. The highest BCUT2D eigenvalue weighted by Crippen LogP contribution is 2.23. The normalized spacial score (nSPS) is 17.3. The van der Waals surface area contributed by atoms with Crippen molar-refractivity contribution in [1.82, 2.24) is 4.90 Å². The van der Waals surface area contributed by atoms with Gasteiger partial charge in [0.1, 0.15) is 5.84 Å². The Morgan fingerprint density at radius 3 is 2.30 bits per heavy atom. The molecule has 1 fully saturated rings. The molecule has 1 aliphatic rings. The number of amidine groups is 1. The maximum Gasteiger partial charge on any atom is 0.253 e. The zero-order valence-corrected chi connectivity index (χ0v) is 12.2. The molecule has 7 heteroatoms. The average Bonchev–Trinajstić information content (AvgIpc) is 2.45. The van der Waals surface area contributed by atoms with Gasteiger partial charge in [0, 0.05) is 34.6 Å². The number of hydrogen-bond donors (Lipinski definition) is 2. The predicted octanol–water partition coefficient (Wildman–Crippen LogP) is 2.59. The van der Waals surface area contributed by atoms with Gasteiger partial charge in [0.05, 0.1) is 0 Å². The SMILES string of the molecule is NC(=NO)C1CCN(C(=O)c2cc(Cl)cc(Cl)c2)CC1. The summed E-state index contributed by atoms with van der Waals surface area (Å²) < 4.78 is 0. The Hall–Kier alpha value is -1.46. The minimum absolute atomic E-state index is 0.0204. The highest BCUT2D eigenvalue weighted by Gasteiger charge is 2.26. The monoisotopic (exact) mass is 315 g/mol. The fourth-order valence-corrected chi connectivity index (χ4v) is 2.85. The van der Waals surface area contributed by atoms with E-state index in [0.29, 0.717) is 41.5 Å². The summed E-state index contributed by atoms with van der Waals surface area (Å²) >= 11 is 11.8. The van der Waals surface area contributed by atoms with Crippen molar-refractivity contribution in [3.8, 4) is 0 Å². The second-order valence-electron chi connectivity index (χ2n) is 4.75. The Morgan fingerprint density at radius 1 is 1.25 bits per heavy atom. The van der Waals surface area contributed by atoms with Gasteiger partial charge in [-0.15, -0.1) is 0 Å². The van der Waals surface area contributed by atoms with Crippen LogP contribution in [0.2, 0.25) is 10.0 Å².